The number of aromatic carboxylic acids is 1. The Morgan fingerprint density at radius 2 is 1.50 bits per heavy atom. The van der Waals surface area contributed by atoms with Gasteiger partial charge in [0, 0.05) is 11.1 Å². The van der Waals surface area contributed by atoms with Crippen molar-refractivity contribution >= 4 is 11.7 Å². The van der Waals surface area contributed by atoms with Gasteiger partial charge < -0.3 is 10.3 Å². The number of benzene rings is 2. The van der Waals surface area contributed by atoms with Gasteiger partial charge in [0.2, 0.25) is 0 Å². The molecule has 0 unspecified atom stereocenters. The van der Waals surface area contributed by atoms with E-state index < -0.39 is 5.97 Å². The van der Waals surface area contributed by atoms with Gasteiger partial charge in [0.15, 0.2) is 0 Å². The van der Waals surface area contributed by atoms with Gasteiger partial charge in [0.05, 0.1) is 5.56 Å². The molecule has 0 amide bonds. The average molecular weight is 241 g/mol. The van der Waals surface area contributed by atoms with Crippen LogP contribution < -0.4 is 0 Å². The molecule has 0 fully saturated rings. The Bertz CT molecular complexity index is 591. The highest BCUT2D eigenvalue weighted by Gasteiger charge is 2.10. The third kappa shape index (κ3) is 2.38. The lowest BCUT2D eigenvalue weighted by molar-refractivity contribution is 0.0697. The van der Waals surface area contributed by atoms with E-state index in [2.05, 4.69) is 5.16 Å². The van der Waals surface area contributed by atoms with Crippen LogP contribution in [0, 0.1) is 0 Å². The molecule has 18 heavy (non-hydrogen) atoms. The second-order valence-electron chi connectivity index (χ2n) is 3.70. The largest absolute Gasteiger partial charge is 0.478 e. The number of carbonyl (C=O) groups is 1. The van der Waals surface area contributed by atoms with Crippen LogP contribution in [-0.2, 0) is 0 Å². The van der Waals surface area contributed by atoms with E-state index in [4.69, 9.17) is 10.3 Å². The fourth-order valence-corrected chi connectivity index (χ4v) is 1.68. The number of rotatable bonds is 3. The Labute approximate surface area is 104 Å². The van der Waals surface area contributed by atoms with Crippen molar-refractivity contribution in [2.45, 2.75) is 0 Å². The molecule has 0 spiro atoms. The molecule has 0 saturated carbocycles. The molecule has 2 aromatic rings. The maximum Gasteiger partial charge on any atom is 0.335 e. The molecular weight excluding hydrogens is 230 g/mol. The number of hydrogen-bond donors (Lipinski definition) is 2. The summed E-state index contributed by atoms with van der Waals surface area (Å²) < 4.78 is 0. The molecule has 0 aliphatic heterocycles. The Kier molecular flexibility index (Phi) is 3.38. The van der Waals surface area contributed by atoms with Gasteiger partial charge in [-0.15, -0.1) is 0 Å². The minimum atomic E-state index is -1.01. The van der Waals surface area contributed by atoms with E-state index in [0.29, 0.717) is 11.3 Å². The molecule has 2 N–H and O–H groups in total. The van der Waals surface area contributed by atoms with E-state index in [9.17, 15) is 4.79 Å². The third-order valence-electron chi connectivity index (χ3n) is 2.53. The molecule has 2 aromatic carbocycles. The number of oxime groups is 1. The van der Waals surface area contributed by atoms with Crippen LogP contribution in [0.4, 0.5) is 0 Å². The maximum absolute atomic E-state index is 10.9. The molecule has 0 heterocycles. The molecule has 0 aliphatic rings. The fourth-order valence-electron chi connectivity index (χ4n) is 1.68. The highest BCUT2D eigenvalue weighted by molar-refractivity contribution is 6.13. The van der Waals surface area contributed by atoms with Crippen LogP contribution in [0.3, 0.4) is 0 Å². The molecule has 0 aliphatic carbocycles. The molecule has 2 rings (SSSR count). The standard InChI is InChI=1S/C14H11NO3/c16-14(17)12-8-4-7-11(9-12)13(15-18)10-5-2-1-3-6-10/h1-9,18H,(H,16,17). The summed E-state index contributed by atoms with van der Waals surface area (Å²) in [5.74, 6) is -1.01. The fraction of sp³-hybridized carbons (Fsp3) is 0. The van der Waals surface area contributed by atoms with E-state index in [1.165, 1.54) is 12.1 Å². The average Bonchev–Trinajstić information content (AvgIpc) is 2.41. The van der Waals surface area contributed by atoms with Gasteiger partial charge >= 0.3 is 5.97 Å². The number of hydrogen-bond acceptors (Lipinski definition) is 3. The smallest absolute Gasteiger partial charge is 0.335 e. The van der Waals surface area contributed by atoms with Crippen molar-refractivity contribution in [2.75, 3.05) is 0 Å². The Hall–Kier alpha value is -2.62. The summed E-state index contributed by atoms with van der Waals surface area (Å²) in [6, 6.07) is 15.4. The van der Waals surface area contributed by atoms with Crippen molar-refractivity contribution in [1.82, 2.24) is 0 Å². The predicted octanol–water partition coefficient (Wildman–Crippen LogP) is 2.61. The van der Waals surface area contributed by atoms with Gasteiger partial charge in [0.1, 0.15) is 5.71 Å². The molecule has 4 nitrogen and oxygen atoms in total. The zero-order valence-electron chi connectivity index (χ0n) is 9.45. The molecule has 0 saturated heterocycles. The van der Waals surface area contributed by atoms with Crippen molar-refractivity contribution in [3.8, 4) is 0 Å². The Morgan fingerprint density at radius 3 is 2.11 bits per heavy atom. The first-order valence-corrected chi connectivity index (χ1v) is 5.33. The first-order valence-electron chi connectivity index (χ1n) is 5.33. The Balaban J connectivity index is 2.47. The van der Waals surface area contributed by atoms with Crippen LogP contribution in [0.2, 0.25) is 0 Å². The van der Waals surface area contributed by atoms with Crippen molar-refractivity contribution in [3.63, 3.8) is 0 Å². The number of carboxylic acids is 1. The van der Waals surface area contributed by atoms with Crippen molar-refractivity contribution < 1.29 is 15.1 Å². The summed E-state index contributed by atoms with van der Waals surface area (Å²) in [6.07, 6.45) is 0. The van der Waals surface area contributed by atoms with E-state index in [0.717, 1.165) is 5.56 Å². The highest BCUT2D eigenvalue weighted by Crippen LogP contribution is 2.12. The van der Waals surface area contributed by atoms with Crippen LogP contribution >= 0.6 is 0 Å². The molecule has 0 atom stereocenters. The minimum absolute atomic E-state index is 0.157. The van der Waals surface area contributed by atoms with Gasteiger partial charge in [-0.1, -0.05) is 47.6 Å². The first-order chi connectivity index (χ1) is 8.72. The molecule has 0 bridgehead atoms. The second kappa shape index (κ2) is 5.14. The van der Waals surface area contributed by atoms with E-state index in [1.54, 1.807) is 24.3 Å². The van der Waals surface area contributed by atoms with Crippen LogP contribution in [0.5, 0.6) is 0 Å². The summed E-state index contributed by atoms with van der Waals surface area (Å²) in [6.45, 7) is 0. The predicted molar refractivity (Wildman–Crippen MR) is 67.3 cm³/mol. The summed E-state index contributed by atoms with van der Waals surface area (Å²) in [5, 5.41) is 21.3. The van der Waals surface area contributed by atoms with E-state index >= 15 is 0 Å². The zero-order valence-corrected chi connectivity index (χ0v) is 9.45. The molecular formula is C14H11NO3. The van der Waals surface area contributed by atoms with Gasteiger partial charge in [0.25, 0.3) is 0 Å². The summed E-state index contributed by atoms with van der Waals surface area (Å²) in [4.78, 5) is 10.9. The van der Waals surface area contributed by atoms with Crippen molar-refractivity contribution in [1.29, 1.82) is 0 Å². The first kappa shape index (κ1) is 11.9. The SMILES string of the molecule is O=C(O)c1cccc(C(=NO)c2ccccc2)c1. The number of nitrogens with zero attached hydrogens (tertiary/aromatic N) is 1. The Morgan fingerprint density at radius 1 is 0.889 bits per heavy atom. The van der Waals surface area contributed by atoms with E-state index in [-0.39, 0.29) is 5.56 Å². The normalized spacial score (nSPS) is 11.2. The highest BCUT2D eigenvalue weighted by atomic mass is 16.4. The van der Waals surface area contributed by atoms with Gasteiger partial charge in [-0.25, -0.2) is 4.79 Å². The monoisotopic (exact) mass is 241 g/mol. The van der Waals surface area contributed by atoms with Crippen LogP contribution in [-0.4, -0.2) is 22.0 Å². The van der Waals surface area contributed by atoms with Gasteiger partial charge in [-0.3, -0.25) is 0 Å². The van der Waals surface area contributed by atoms with Crippen LogP contribution in [0.25, 0.3) is 0 Å². The summed E-state index contributed by atoms with van der Waals surface area (Å²) >= 11 is 0. The second-order valence-corrected chi connectivity index (χ2v) is 3.70. The molecule has 0 aromatic heterocycles. The van der Waals surface area contributed by atoms with Crippen LogP contribution in [0.15, 0.2) is 59.8 Å². The van der Waals surface area contributed by atoms with Crippen LogP contribution in [0.1, 0.15) is 21.5 Å². The minimum Gasteiger partial charge on any atom is -0.478 e. The summed E-state index contributed by atoms with van der Waals surface area (Å²) in [7, 11) is 0. The third-order valence-corrected chi connectivity index (χ3v) is 2.53. The molecule has 4 heteroatoms. The lowest BCUT2D eigenvalue weighted by Crippen LogP contribution is -2.05. The molecule has 90 valence electrons. The van der Waals surface area contributed by atoms with E-state index in [1.807, 2.05) is 18.2 Å². The van der Waals surface area contributed by atoms with Gasteiger partial charge in [-0.2, -0.15) is 0 Å². The van der Waals surface area contributed by atoms with Crippen molar-refractivity contribution in [2.24, 2.45) is 5.16 Å². The van der Waals surface area contributed by atoms with Gasteiger partial charge in [-0.05, 0) is 12.1 Å². The quantitative estimate of drug-likeness (QED) is 0.493. The van der Waals surface area contributed by atoms with Crippen molar-refractivity contribution in [3.05, 3.63) is 71.3 Å². The number of carboxylic acid groups (broad SMARTS) is 1. The maximum atomic E-state index is 10.9. The lowest BCUT2D eigenvalue weighted by atomic mass is 10.0. The zero-order chi connectivity index (χ0) is 13.0. The topological polar surface area (TPSA) is 69.9 Å². The summed E-state index contributed by atoms with van der Waals surface area (Å²) in [5.41, 5.74) is 1.79. The molecule has 0 radical (unpaired) electrons. The lowest BCUT2D eigenvalue weighted by Gasteiger charge is -2.05.